The summed E-state index contributed by atoms with van der Waals surface area (Å²) in [5, 5.41) is 3.08. The van der Waals surface area contributed by atoms with Crippen molar-refractivity contribution in [3.63, 3.8) is 0 Å². The van der Waals surface area contributed by atoms with Crippen LogP contribution in [0.25, 0.3) is 0 Å². The van der Waals surface area contributed by atoms with Crippen molar-refractivity contribution in [3.05, 3.63) is 35.7 Å². The molecule has 1 saturated heterocycles. The van der Waals surface area contributed by atoms with Crippen molar-refractivity contribution < 1.29 is 17.9 Å². The standard InChI is InChI=1S/C16H20F3N5O/c1-10-9-12(16(17,18)19)22-15(21-10)23-13(11-3-7-25-8-4-11)14-20-5-6-24(14)2/h5-6,9,11,13H,3-4,7-8H2,1-2H3,(H,21,22,23)/t13-/m1/s1. The number of hydrogen-bond donors (Lipinski definition) is 1. The van der Waals surface area contributed by atoms with Gasteiger partial charge in [-0.2, -0.15) is 13.2 Å². The summed E-state index contributed by atoms with van der Waals surface area (Å²) in [4.78, 5) is 12.2. The van der Waals surface area contributed by atoms with Crippen molar-refractivity contribution in [2.45, 2.75) is 32.0 Å². The van der Waals surface area contributed by atoms with E-state index in [1.165, 1.54) is 6.92 Å². The molecule has 136 valence electrons. The highest BCUT2D eigenvalue weighted by Crippen LogP contribution is 2.33. The highest BCUT2D eigenvalue weighted by molar-refractivity contribution is 5.32. The first kappa shape index (κ1) is 17.7. The van der Waals surface area contributed by atoms with Gasteiger partial charge in [0.25, 0.3) is 0 Å². The van der Waals surface area contributed by atoms with Gasteiger partial charge in [0.1, 0.15) is 11.5 Å². The van der Waals surface area contributed by atoms with Crippen molar-refractivity contribution in [2.24, 2.45) is 13.0 Å². The van der Waals surface area contributed by atoms with Crippen LogP contribution in [0.15, 0.2) is 18.5 Å². The first-order valence-electron chi connectivity index (χ1n) is 8.09. The molecule has 0 unspecified atom stereocenters. The van der Waals surface area contributed by atoms with E-state index in [1.807, 2.05) is 17.8 Å². The Morgan fingerprint density at radius 2 is 2.00 bits per heavy atom. The van der Waals surface area contributed by atoms with Gasteiger partial charge in [0, 0.05) is 38.3 Å². The highest BCUT2D eigenvalue weighted by atomic mass is 19.4. The number of hydrogen-bond acceptors (Lipinski definition) is 5. The largest absolute Gasteiger partial charge is 0.433 e. The molecule has 1 atom stereocenters. The molecule has 0 aliphatic carbocycles. The minimum absolute atomic E-state index is 0.0354. The molecule has 2 aromatic rings. The van der Waals surface area contributed by atoms with E-state index in [2.05, 4.69) is 20.3 Å². The third-order valence-electron chi connectivity index (χ3n) is 4.30. The number of nitrogens with zero attached hydrogens (tertiary/aromatic N) is 4. The Labute approximate surface area is 143 Å². The molecule has 3 heterocycles. The molecule has 25 heavy (non-hydrogen) atoms. The lowest BCUT2D eigenvalue weighted by molar-refractivity contribution is -0.141. The van der Waals surface area contributed by atoms with E-state index in [4.69, 9.17) is 4.74 Å². The summed E-state index contributed by atoms with van der Waals surface area (Å²) >= 11 is 0. The van der Waals surface area contributed by atoms with Crippen LogP contribution in [0, 0.1) is 12.8 Å². The lowest BCUT2D eigenvalue weighted by Crippen LogP contribution is -2.30. The van der Waals surface area contributed by atoms with Crippen LogP contribution in [-0.2, 0) is 18.0 Å². The molecule has 0 aromatic carbocycles. The third kappa shape index (κ3) is 4.09. The number of aromatic nitrogens is 4. The van der Waals surface area contributed by atoms with Crippen LogP contribution in [0.1, 0.15) is 36.1 Å². The fourth-order valence-corrected chi connectivity index (χ4v) is 3.04. The number of imidazole rings is 1. The predicted molar refractivity (Wildman–Crippen MR) is 84.9 cm³/mol. The normalized spacial score (nSPS) is 17.5. The fraction of sp³-hybridized carbons (Fsp3) is 0.562. The lowest BCUT2D eigenvalue weighted by atomic mass is 9.91. The van der Waals surface area contributed by atoms with E-state index >= 15 is 0 Å². The first-order valence-corrected chi connectivity index (χ1v) is 8.09. The maximum absolute atomic E-state index is 13.0. The van der Waals surface area contributed by atoms with Crippen LogP contribution in [0.2, 0.25) is 0 Å². The number of alkyl halides is 3. The van der Waals surface area contributed by atoms with Crippen molar-refractivity contribution >= 4 is 5.95 Å². The number of ether oxygens (including phenoxy) is 1. The van der Waals surface area contributed by atoms with Gasteiger partial charge in [0.15, 0.2) is 0 Å². The molecular formula is C16H20F3N5O. The summed E-state index contributed by atoms with van der Waals surface area (Å²) in [6, 6.07) is 0.654. The van der Waals surface area contributed by atoms with Gasteiger partial charge in [-0.1, -0.05) is 0 Å². The molecule has 1 N–H and O–H groups in total. The third-order valence-corrected chi connectivity index (χ3v) is 4.30. The Kier molecular flexibility index (Phi) is 4.94. The van der Waals surface area contributed by atoms with Gasteiger partial charge in [-0.05, 0) is 31.7 Å². The summed E-state index contributed by atoms with van der Waals surface area (Å²) in [6.07, 6.45) is 0.551. The van der Waals surface area contributed by atoms with Gasteiger partial charge in [-0.25, -0.2) is 15.0 Å². The summed E-state index contributed by atoms with van der Waals surface area (Å²) in [5.74, 6) is 0.880. The van der Waals surface area contributed by atoms with Gasteiger partial charge in [0.05, 0.1) is 6.04 Å². The molecule has 0 amide bonds. The zero-order valence-electron chi connectivity index (χ0n) is 14.0. The zero-order chi connectivity index (χ0) is 18.0. The lowest BCUT2D eigenvalue weighted by Gasteiger charge is -2.30. The van der Waals surface area contributed by atoms with E-state index < -0.39 is 11.9 Å². The molecule has 1 fully saturated rings. The van der Waals surface area contributed by atoms with Crippen LogP contribution in [0.4, 0.5) is 19.1 Å². The van der Waals surface area contributed by atoms with Gasteiger partial charge in [-0.3, -0.25) is 0 Å². The van der Waals surface area contributed by atoms with Crippen molar-refractivity contribution in [1.29, 1.82) is 0 Å². The zero-order valence-corrected chi connectivity index (χ0v) is 14.0. The van der Waals surface area contributed by atoms with Crippen molar-refractivity contribution in [1.82, 2.24) is 19.5 Å². The Bertz CT molecular complexity index is 725. The predicted octanol–water partition coefficient (Wildman–Crippen LogP) is 3.12. The summed E-state index contributed by atoms with van der Waals surface area (Å²) in [7, 11) is 1.86. The van der Waals surface area contributed by atoms with Crippen LogP contribution < -0.4 is 5.32 Å². The van der Waals surface area contributed by atoms with Crippen LogP contribution >= 0.6 is 0 Å². The van der Waals surface area contributed by atoms with Crippen LogP contribution in [0.5, 0.6) is 0 Å². The average Bonchev–Trinajstić information content (AvgIpc) is 2.98. The molecule has 6 nitrogen and oxygen atoms in total. The number of nitrogens with one attached hydrogen (secondary N) is 1. The summed E-state index contributed by atoms with van der Waals surface area (Å²) < 4.78 is 46.3. The highest BCUT2D eigenvalue weighted by Gasteiger charge is 2.34. The second-order valence-electron chi connectivity index (χ2n) is 6.18. The van der Waals surface area contributed by atoms with Crippen molar-refractivity contribution in [3.8, 4) is 0 Å². The minimum atomic E-state index is -4.51. The van der Waals surface area contributed by atoms with Gasteiger partial charge in [-0.15, -0.1) is 0 Å². The number of anilines is 1. The van der Waals surface area contributed by atoms with Crippen LogP contribution in [-0.4, -0.2) is 32.7 Å². The molecule has 0 spiro atoms. The average molecular weight is 355 g/mol. The van der Waals surface area contributed by atoms with Gasteiger partial charge in [0.2, 0.25) is 5.95 Å². The van der Waals surface area contributed by atoms with E-state index in [9.17, 15) is 13.2 Å². The molecule has 9 heteroatoms. The van der Waals surface area contributed by atoms with E-state index in [-0.39, 0.29) is 23.6 Å². The first-order chi connectivity index (χ1) is 11.8. The smallest absolute Gasteiger partial charge is 0.381 e. The maximum atomic E-state index is 13.0. The van der Waals surface area contributed by atoms with Crippen LogP contribution in [0.3, 0.4) is 0 Å². The minimum Gasteiger partial charge on any atom is -0.381 e. The van der Waals surface area contributed by atoms with Gasteiger partial charge >= 0.3 is 6.18 Å². The van der Waals surface area contributed by atoms with Crippen molar-refractivity contribution in [2.75, 3.05) is 18.5 Å². The van der Waals surface area contributed by atoms with E-state index in [0.717, 1.165) is 24.7 Å². The Morgan fingerprint density at radius 3 is 2.60 bits per heavy atom. The second-order valence-corrected chi connectivity index (χ2v) is 6.18. The quantitative estimate of drug-likeness (QED) is 0.913. The SMILES string of the molecule is Cc1cc(C(F)(F)F)nc(N[C@@H](c2nccn2C)C2CCOCC2)n1. The molecule has 1 aliphatic rings. The molecular weight excluding hydrogens is 335 g/mol. The molecule has 2 aromatic heterocycles. The maximum Gasteiger partial charge on any atom is 0.433 e. The number of rotatable bonds is 4. The fourth-order valence-electron chi connectivity index (χ4n) is 3.04. The molecule has 1 aliphatic heterocycles. The molecule has 0 radical (unpaired) electrons. The van der Waals surface area contributed by atoms with Gasteiger partial charge < -0.3 is 14.6 Å². The number of aryl methyl sites for hydroxylation is 2. The topological polar surface area (TPSA) is 64.9 Å². The monoisotopic (exact) mass is 355 g/mol. The Balaban J connectivity index is 1.93. The van der Waals surface area contributed by atoms with E-state index in [0.29, 0.717) is 13.2 Å². The molecule has 0 saturated carbocycles. The number of halogens is 3. The van der Waals surface area contributed by atoms with E-state index in [1.54, 1.807) is 6.20 Å². The Hall–Kier alpha value is -2.16. The second kappa shape index (κ2) is 6.99. The Morgan fingerprint density at radius 1 is 1.28 bits per heavy atom. The molecule has 0 bridgehead atoms. The molecule has 3 rings (SSSR count). The summed E-state index contributed by atoms with van der Waals surface area (Å²) in [5.41, 5.74) is -0.691. The summed E-state index contributed by atoms with van der Waals surface area (Å²) in [6.45, 7) is 2.76.